The van der Waals surface area contributed by atoms with E-state index in [1.54, 1.807) is 0 Å². The molecular weight excluding hydrogens is 487 g/mol. The van der Waals surface area contributed by atoms with Crippen LogP contribution in [0.25, 0.3) is 0 Å². The topological polar surface area (TPSA) is 28.5 Å². The largest absolute Gasteiger partial charge is 3.00 e. The fraction of sp³-hybridized carbons (Fsp3) is 0. The molecule has 1 nitrogen and oxygen atoms in total. The maximum atomic E-state index is 0. The fourth-order valence-corrected chi connectivity index (χ4v) is 0. The Labute approximate surface area is 114 Å². The first-order valence-electron chi connectivity index (χ1n) is 0. The van der Waals surface area contributed by atoms with Gasteiger partial charge in [-0.25, -0.2) is 0 Å². The molecule has 1 radical (unpaired) electrons. The summed E-state index contributed by atoms with van der Waals surface area (Å²) in [5, 5.41) is 0. The van der Waals surface area contributed by atoms with Crippen molar-refractivity contribution in [3.8, 4) is 0 Å². The zero-order valence-corrected chi connectivity index (χ0v) is 9.15. The van der Waals surface area contributed by atoms with Gasteiger partial charge in [0.2, 0.25) is 0 Å². The SMILES string of the molecule is [Gd+3].[La+3].[Lu+3].[O-2]. The van der Waals surface area contributed by atoms with E-state index in [2.05, 4.69) is 0 Å². The monoisotopic (exact) mass is 488 g/mol. The van der Waals surface area contributed by atoms with Gasteiger partial charge in [-0.15, -0.1) is 0 Å². The molecule has 0 rings (SSSR count). The molecular formula is GdLaLuO+7. The average molecular weight is 487 g/mol. The van der Waals surface area contributed by atoms with E-state index in [1.165, 1.54) is 0 Å². The van der Waals surface area contributed by atoms with E-state index in [4.69, 9.17) is 0 Å². The third kappa shape index (κ3) is 9.20. The van der Waals surface area contributed by atoms with Crippen LogP contribution >= 0.6 is 0 Å². The Balaban J connectivity index is 0. The minimum absolute atomic E-state index is 0. The molecule has 4 heteroatoms. The Bertz CT molecular complexity index is 8.00. The summed E-state index contributed by atoms with van der Waals surface area (Å²) >= 11 is 0. The second-order valence-corrected chi connectivity index (χ2v) is 0. The van der Waals surface area contributed by atoms with Crippen molar-refractivity contribution in [2.24, 2.45) is 0 Å². The van der Waals surface area contributed by atoms with Crippen LogP contribution in [0, 0.1) is 112 Å². The molecule has 0 heterocycles. The number of rotatable bonds is 0. The van der Waals surface area contributed by atoms with Crippen LogP contribution in [-0.4, -0.2) is 0 Å². The minimum Gasteiger partial charge on any atom is -2.00 e. The summed E-state index contributed by atoms with van der Waals surface area (Å²) in [6.45, 7) is 0. The van der Waals surface area contributed by atoms with Gasteiger partial charge in [0.15, 0.2) is 0 Å². The molecule has 0 atom stereocenters. The van der Waals surface area contributed by atoms with Gasteiger partial charge in [-0.2, -0.15) is 0 Å². The van der Waals surface area contributed by atoms with E-state index in [0.717, 1.165) is 0 Å². The van der Waals surface area contributed by atoms with Crippen LogP contribution in [0.15, 0.2) is 0 Å². The van der Waals surface area contributed by atoms with Gasteiger partial charge in [-0.05, 0) is 0 Å². The average Bonchev–Trinajstić information content (AvgIpc) is 0. The van der Waals surface area contributed by atoms with E-state index in [-0.39, 0.29) is 118 Å². The van der Waals surface area contributed by atoms with Crippen LogP contribution in [0.1, 0.15) is 0 Å². The summed E-state index contributed by atoms with van der Waals surface area (Å²) in [6, 6.07) is 0. The molecule has 0 N–H and O–H groups in total. The molecule has 0 aromatic carbocycles. The van der Waals surface area contributed by atoms with E-state index < -0.39 is 0 Å². The van der Waals surface area contributed by atoms with Gasteiger partial charge in [0.05, 0.1) is 0 Å². The molecule has 0 aromatic heterocycles. The summed E-state index contributed by atoms with van der Waals surface area (Å²) in [5.74, 6) is 0. The van der Waals surface area contributed by atoms with Gasteiger partial charge < -0.3 is 5.48 Å². The molecule has 0 unspecified atom stereocenters. The van der Waals surface area contributed by atoms with Crippen molar-refractivity contribution in [3.63, 3.8) is 0 Å². The Kier molecular flexibility index (Phi) is 100. The fourth-order valence-electron chi connectivity index (χ4n) is 0. The Hall–Kier alpha value is 3.71. The van der Waals surface area contributed by atoms with Crippen molar-refractivity contribution in [2.45, 2.75) is 0 Å². The van der Waals surface area contributed by atoms with Crippen LogP contribution < -0.4 is 0 Å². The molecule has 0 aromatic rings. The van der Waals surface area contributed by atoms with Gasteiger partial charge in [0, 0.05) is 0 Å². The van der Waals surface area contributed by atoms with Crippen LogP contribution in [0.3, 0.4) is 0 Å². The van der Waals surface area contributed by atoms with E-state index in [9.17, 15) is 0 Å². The molecule has 0 aliphatic heterocycles. The summed E-state index contributed by atoms with van der Waals surface area (Å²) in [7, 11) is 0. The second-order valence-electron chi connectivity index (χ2n) is 0. The molecule has 0 amide bonds. The molecule has 0 aliphatic rings. The third-order valence-electron chi connectivity index (χ3n) is 0. The van der Waals surface area contributed by atoms with Gasteiger partial charge in [0.25, 0.3) is 0 Å². The van der Waals surface area contributed by atoms with Crippen LogP contribution in [0.5, 0.6) is 0 Å². The first kappa shape index (κ1) is 25.2. The molecule has 0 saturated heterocycles. The predicted molar refractivity (Wildman–Crippen MR) is 0.686 cm³/mol. The molecule has 4 heavy (non-hydrogen) atoms. The zero-order chi connectivity index (χ0) is 0. The number of hydrogen-bond donors (Lipinski definition) is 0. The summed E-state index contributed by atoms with van der Waals surface area (Å²) < 4.78 is 0. The standard InChI is InChI=1S/Gd.La.Lu.O/q3*+3;-2. The van der Waals surface area contributed by atoms with Gasteiger partial charge >= 0.3 is 112 Å². The smallest absolute Gasteiger partial charge is 2.00 e. The molecule has 0 spiro atoms. The van der Waals surface area contributed by atoms with E-state index >= 15 is 0 Å². The van der Waals surface area contributed by atoms with Crippen LogP contribution in [0.2, 0.25) is 0 Å². The molecule has 0 saturated carbocycles. The van der Waals surface area contributed by atoms with Crippen LogP contribution in [-0.2, 0) is 5.48 Å². The Morgan fingerprint density at radius 1 is 1.00 bits per heavy atom. The Morgan fingerprint density at radius 2 is 1.00 bits per heavy atom. The van der Waals surface area contributed by atoms with Crippen molar-refractivity contribution in [1.82, 2.24) is 0 Å². The summed E-state index contributed by atoms with van der Waals surface area (Å²) in [6.07, 6.45) is 0. The minimum atomic E-state index is 0. The van der Waals surface area contributed by atoms with Crippen molar-refractivity contribution < 1.29 is 118 Å². The third-order valence-corrected chi connectivity index (χ3v) is 0. The van der Waals surface area contributed by atoms with Gasteiger partial charge in [0.1, 0.15) is 0 Å². The molecule has 0 aliphatic carbocycles. The zero-order valence-electron chi connectivity index (χ0n) is 1.60. The second kappa shape index (κ2) is 15.9. The summed E-state index contributed by atoms with van der Waals surface area (Å²) in [4.78, 5) is 0. The van der Waals surface area contributed by atoms with Crippen molar-refractivity contribution in [2.75, 3.05) is 0 Å². The van der Waals surface area contributed by atoms with Crippen molar-refractivity contribution in [3.05, 3.63) is 0 Å². The summed E-state index contributed by atoms with van der Waals surface area (Å²) in [5.41, 5.74) is 0. The van der Waals surface area contributed by atoms with Gasteiger partial charge in [-0.3, -0.25) is 0 Å². The maximum Gasteiger partial charge on any atom is 3.00 e. The molecule has 25 valence electrons. The van der Waals surface area contributed by atoms with E-state index in [1.807, 2.05) is 0 Å². The maximum absolute atomic E-state index is 0. The first-order chi connectivity index (χ1) is 0. The van der Waals surface area contributed by atoms with Crippen molar-refractivity contribution in [1.29, 1.82) is 0 Å². The molecule has 0 bridgehead atoms. The predicted octanol–water partition coefficient (Wildman–Crippen LogP) is -0.119. The Morgan fingerprint density at radius 3 is 1.00 bits per heavy atom. The van der Waals surface area contributed by atoms with Crippen molar-refractivity contribution >= 4 is 0 Å². The van der Waals surface area contributed by atoms with E-state index in [0.29, 0.717) is 0 Å². The first-order valence-corrected chi connectivity index (χ1v) is 0. The van der Waals surface area contributed by atoms with Gasteiger partial charge in [-0.1, -0.05) is 0 Å². The normalized spacial score (nSPS) is 0. The van der Waals surface area contributed by atoms with Crippen LogP contribution in [0.4, 0.5) is 0 Å². The molecule has 0 fully saturated rings. The number of hydrogen-bond acceptors (Lipinski definition) is 0. The quantitative estimate of drug-likeness (QED) is 0.457.